The first-order valence-corrected chi connectivity index (χ1v) is 6.23. The zero-order chi connectivity index (χ0) is 16.2. The summed E-state index contributed by atoms with van der Waals surface area (Å²) in [5.41, 5.74) is -1.69. The quantitative estimate of drug-likeness (QED) is 0.388. The predicted molar refractivity (Wildman–Crippen MR) is 67.8 cm³/mol. The molecule has 0 bridgehead atoms. The maximum Gasteiger partial charge on any atom is 0.303 e. The van der Waals surface area contributed by atoms with E-state index in [9.17, 15) is 24.6 Å². The third-order valence-electron chi connectivity index (χ3n) is 2.84. The molecule has 0 saturated heterocycles. The zero-order valence-electron chi connectivity index (χ0n) is 11.9. The van der Waals surface area contributed by atoms with Gasteiger partial charge in [-0.2, -0.15) is 0 Å². The van der Waals surface area contributed by atoms with Gasteiger partial charge in [-0.3, -0.25) is 14.4 Å². The molecule has 4 atom stereocenters. The fraction of sp³-hybridized carbons (Fsp3) is 0.615. The van der Waals surface area contributed by atoms with Crippen LogP contribution in [0.1, 0.15) is 20.8 Å². The molecule has 2 N–H and O–H groups in total. The first-order valence-electron chi connectivity index (χ1n) is 6.23. The van der Waals surface area contributed by atoms with Crippen molar-refractivity contribution in [2.24, 2.45) is 0 Å². The highest BCUT2D eigenvalue weighted by atomic mass is 16.6. The van der Waals surface area contributed by atoms with E-state index in [2.05, 4.69) is 0 Å². The van der Waals surface area contributed by atoms with Crippen molar-refractivity contribution in [2.45, 2.75) is 44.7 Å². The number of hydrogen-bond acceptors (Lipinski definition) is 8. The van der Waals surface area contributed by atoms with Gasteiger partial charge in [0.05, 0.1) is 0 Å². The Kier molecular flexibility index (Phi) is 5.45. The van der Waals surface area contributed by atoms with Crippen LogP contribution in [0.5, 0.6) is 0 Å². The molecule has 0 aromatic heterocycles. The number of carbonyl (C=O) groups excluding carboxylic acids is 3. The lowest BCUT2D eigenvalue weighted by atomic mass is 9.84. The summed E-state index contributed by atoms with van der Waals surface area (Å²) in [7, 11) is 0. The summed E-state index contributed by atoms with van der Waals surface area (Å²) in [4.78, 5) is 33.5. The van der Waals surface area contributed by atoms with Gasteiger partial charge in [-0.15, -0.1) is 0 Å². The predicted octanol–water partition coefficient (Wildman–Crippen LogP) is -0.925. The summed E-state index contributed by atoms with van der Waals surface area (Å²) in [6, 6.07) is 0. The Morgan fingerprint density at radius 1 is 1.10 bits per heavy atom. The van der Waals surface area contributed by atoms with Gasteiger partial charge in [0.15, 0.2) is 6.10 Å². The van der Waals surface area contributed by atoms with Crippen molar-refractivity contribution in [3.8, 4) is 0 Å². The maximum absolute atomic E-state index is 11.3. The van der Waals surface area contributed by atoms with E-state index >= 15 is 0 Å². The molecule has 1 aliphatic carbocycles. The molecule has 0 spiro atoms. The Labute approximate surface area is 121 Å². The van der Waals surface area contributed by atoms with Crippen LogP contribution < -0.4 is 0 Å². The Balaban J connectivity index is 3.18. The van der Waals surface area contributed by atoms with E-state index < -0.39 is 48.4 Å². The highest BCUT2D eigenvalue weighted by Gasteiger charge is 2.51. The number of esters is 3. The molecule has 118 valence electrons. The first kappa shape index (κ1) is 17.1. The minimum absolute atomic E-state index is 0.458. The number of rotatable bonds is 4. The number of aliphatic hydroxyl groups excluding tert-OH is 2. The molecular weight excluding hydrogens is 284 g/mol. The van der Waals surface area contributed by atoms with E-state index in [1.165, 1.54) is 12.2 Å². The average molecular weight is 302 g/mol. The molecule has 0 aromatic carbocycles. The number of carbonyl (C=O) groups is 3. The summed E-state index contributed by atoms with van der Waals surface area (Å²) in [6.07, 6.45) is -1.83. The van der Waals surface area contributed by atoms with Crippen molar-refractivity contribution < 1.29 is 38.8 Å². The highest BCUT2D eigenvalue weighted by molar-refractivity contribution is 5.69. The maximum atomic E-state index is 11.3. The van der Waals surface area contributed by atoms with E-state index in [-0.39, 0.29) is 0 Å². The fourth-order valence-electron chi connectivity index (χ4n) is 2.02. The van der Waals surface area contributed by atoms with E-state index in [0.29, 0.717) is 0 Å². The van der Waals surface area contributed by atoms with Crippen molar-refractivity contribution in [3.05, 3.63) is 12.2 Å². The molecule has 1 aliphatic rings. The summed E-state index contributed by atoms with van der Waals surface area (Å²) in [6.45, 7) is 2.91. The lowest BCUT2D eigenvalue weighted by molar-refractivity contribution is -0.207. The highest BCUT2D eigenvalue weighted by Crippen LogP contribution is 2.31. The fourth-order valence-corrected chi connectivity index (χ4v) is 2.02. The summed E-state index contributed by atoms with van der Waals surface area (Å²) in [5.74, 6) is -2.12. The second-order valence-corrected chi connectivity index (χ2v) is 4.70. The van der Waals surface area contributed by atoms with Gasteiger partial charge in [0.1, 0.15) is 18.8 Å². The molecule has 0 aromatic rings. The average Bonchev–Trinajstić information content (AvgIpc) is 2.36. The molecule has 0 aliphatic heterocycles. The first-order chi connectivity index (χ1) is 9.68. The van der Waals surface area contributed by atoms with Crippen LogP contribution in [0.2, 0.25) is 0 Å². The third kappa shape index (κ3) is 4.27. The van der Waals surface area contributed by atoms with Crippen LogP contribution >= 0.6 is 0 Å². The van der Waals surface area contributed by atoms with E-state index in [1.807, 2.05) is 0 Å². The van der Waals surface area contributed by atoms with Crippen molar-refractivity contribution in [2.75, 3.05) is 6.61 Å². The Morgan fingerprint density at radius 3 is 2.19 bits per heavy atom. The largest absolute Gasteiger partial charge is 0.461 e. The minimum atomic E-state index is -1.69. The molecule has 0 fully saturated rings. The number of hydrogen-bond donors (Lipinski definition) is 2. The van der Waals surface area contributed by atoms with Gasteiger partial charge >= 0.3 is 17.9 Å². The topological polar surface area (TPSA) is 119 Å². The van der Waals surface area contributed by atoms with Gasteiger partial charge in [-0.25, -0.2) is 0 Å². The summed E-state index contributed by atoms with van der Waals surface area (Å²) >= 11 is 0. The number of ether oxygens (including phenoxy) is 3. The van der Waals surface area contributed by atoms with Crippen LogP contribution in [0.4, 0.5) is 0 Å². The van der Waals surface area contributed by atoms with Crippen molar-refractivity contribution >= 4 is 17.9 Å². The molecule has 21 heavy (non-hydrogen) atoms. The van der Waals surface area contributed by atoms with E-state index in [4.69, 9.17) is 14.2 Å². The smallest absolute Gasteiger partial charge is 0.303 e. The summed E-state index contributed by atoms with van der Waals surface area (Å²) in [5, 5.41) is 19.6. The molecular formula is C13H18O8. The SMILES string of the molecule is CC(=O)OCC1(OC(C)=O)C=CC(O)C(O)C1OC(C)=O. The lowest BCUT2D eigenvalue weighted by Gasteiger charge is -2.41. The normalized spacial score (nSPS) is 31.4. The van der Waals surface area contributed by atoms with Crippen molar-refractivity contribution in [1.29, 1.82) is 0 Å². The van der Waals surface area contributed by atoms with Crippen LogP contribution in [0.15, 0.2) is 12.2 Å². The monoisotopic (exact) mass is 302 g/mol. The van der Waals surface area contributed by atoms with E-state index in [1.54, 1.807) is 0 Å². The summed E-state index contributed by atoms with van der Waals surface area (Å²) < 4.78 is 14.9. The van der Waals surface area contributed by atoms with Crippen molar-refractivity contribution in [3.63, 3.8) is 0 Å². The molecule has 0 heterocycles. The Bertz CT molecular complexity index is 457. The minimum Gasteiger partial charge on any atom is -0.461 e. The van der Waals surface area contributed by atoms with Gasteiger partial charge in [0.25, 0.3) is 0 Å². The standard InChI is InChI=1S/C13H18O8/c1-7(14)19-6-13(21-9(3)16)5-4-10(17)11(18)12(13)20-8(2)15/h4-5,10-12,17-18H,6H2,1-3H3. The van der Waals surface area contributed by atoms with Crippen LogP contribution in [0.25, 0.3) is 0 Å². The molecule has 8 nitrogen and oxygen atoms in total. The second kappa shape index (κ2) is 6.68. The molecule has 0 saturated carbocycles. The van der Waals surface area contributed by atoms with Gasteiger partial charge in [-0.05, 0) is 6.08 Å². The van der Waals surface area contributed by atoms with Crippen molar-refractivity contribution in [1.82, 2.24) is 0 Å². The van der Waals surface area contributed by atoms with Gasteiger partial charge in [0.2, 0.25) is 5.60 Å². The Morgan fingerprint density at radius 2 is 1.71 bits per heavy atom. The van der Waals surface area contributed by atoms with Gasteiger partial charge in [-0.1, -0.05) is 6.08 Å². The second-order valence-electron chi connectivity index (χ2n) is 4.70. The van der Waals surface area contributed by atoms with Crippen LogP contribution in [0.3, 0.4) is 0 Å². The van der Waals surface area contributed by atoms with Crippen LogP contribution in [0, 0.1) is 0 Å². The Hall–Kier alpha value is -1.93. The molecule has 0 radical (unpaired) electrons. The molecule has 8 heteroatoms. The molecule has 0 amide bonds. The zero-order valence-corrected chi connectivity index (χ0v) is 11.9. The van der Waals surface area contributed by atoms with Gasteiger partial charge < -0.3 is 24.4 Å². The van der Waals surface area contributed by atoms with Crippen LogP contribution in [-0.4, -0.2) is 58.6 Å². The third-order valence-corrected chi connectivity index (χ3v) is 2.84. The van der Waals surface area contributed by atoms with Crippen LogP contribution in [-0.2, 0) is 28.6 Å². The molecule has 1 rings (SSSR count). The van der Waals surface area contributed by atoms with Gasteiger partial charge in [0, 0.05) is 20.8 Å². The van der Waals surface area contributed by atoms with E-state index in [0.717, 1.165) is 20.8 Å². The lowest BCUT2D eigenvalue weighted by Crippen LogP contribution is -2.60. The number of aliphatic hydroxyl groups is 2. The molecule has 4 unspecified atom stereocenters.